The van der Waals surface area contributed by atoms with Gasteiger partial charge in [0.05, 0.1) is 34.7 Å². The predicted molar refractivity (Wildman–Crippen MR) is 206 cm³/mol. The number of aromatic nitrogens is 2. The number of anilines is 1. The van der Waals surface area contributed by atoms with Gasteiger partial charge in [0, 0.05) is 34.8 Å². The third kappa shape index (κ3) is 5.18. The van der Waals surface area contributed by atoms with E-state index in [1.807, 2.05) is 62.4 Å². The standard InChI is InChI=1S/C42H43ClN4O6S/c1-22-29-19-24(43)11-16-33(29)54-37(22)32-21-34(45(3)44-32)47-39(50)31-20-30-27(14-15-28-35(30)40(51)46(38(28)49)25-7-5-4-6-8-25)36(42(31,2)41(47)52)23-9-12-26(13-10-23)53-18-17-48/h9-14,16,19,21,25,28,30-31,35-36,48H,4-8,15,17-18,20H2,1-3H3/t28-,30+,31-,35-,36-,42+/m0/s1. The number of carbonyl (C=O) groups excluding carboxylic acids is 4. The van der Waals surface area contributed by atoms with Crippen molar-refractivity contribution < 1.29 is 29.0 Å². The van der Waals surface area contributed by atoms with Gasteiger partial charge in [-0.1, -0.05) is 54.6 Å². The second kappa shape index (κ2) is 13.2. The van der Waals surface area contributed by atoms with Crippen LogP contribution in [0.4, 0.5) is 5.82 Å². The zero-order chi connectivity index (χ0) is 37.6. The first-order valence-corrected chi connectivity index (χ1v) is 20.2. The average Bonchev–Trinajstić information content (AvgIpc) is 3.84. The Bertz CT molecular complexity index is 2260. The summed E-state index contributed by atoms with van der Waals surface area (Å²) in [6.45, 7) is 3.95. The maximum Gasteiger partial charge on any atom is 0.242 e. The first-order valence-electron chi connectivity index (χ1n) is 19.0. The molecule has 2 saturated carbocycles. The Morgan fingerprint density at radius 1 is 0.981 bits per heavy atom. The van der Waals surface area contributed by atoms with E-state index in [0.717, 1.165) is 63.8 Å². The number of thiophene rings is 1. The molecule has 4 fully saturated rings. The van der Waals surface area contributed by atoms with Gasteiger partial charge in [0.25, 0.3) is 0 Å². The summed E-state index contributed by atoms with van der Waals surface area (Å²) in [6, 6.07) is 15.0. The van der Waals surface area contributed by atoms with E-state index >= 15 is 4.79 Å². The topological polar surface area (TPSA) is 122 Å². The zero-order valence-electron chi connectivity index (χ0n) is 30.6. The van der Waals surface area contributed by atoms with Crippen molar-refractivity contribution in [3.8, 4) is 16.3 Å². The molecule has 2 aromatic carbocycles. The van der Waals surface area contributed by atoms with Crippen LogP contribution in [0.3, 0.4) is 0 Å². The molecule has 2 saturated heterocycles. The molecular weight excluding hydrogens is 724 g/mol. The number of ether oxygens (including phenoxy) is 1. The lowest BCUT2D eigenvalue weighted by atomic mass is 9.51. The van der Waals surface area contributed by atoms with Gasteiger partial charge in [-0.05, 0) is 92.3 Å². The molecule has 0 unspecified atom stereocenters. The van der Waals surface area contributed by atoms with E-state index in [4.69, 9.17) is 21.4 Å². The Balaban J connectivity index is 1.13. The molecule has 2 aromatic heterocycles. The van der Waals surface area contributed by atoms with Crippen molar-refractivity contribution in [2.75, 3.05) is 18.1 Å². The van der Waals surface area contributed by atoms with Gasteiger partial charge in [0.15, 0.2) is 0 Å². The summed E-state index contributed by atoms with van der Waals surface area (Å²) in [5.41, 5.74) is 2.30. The summed E-state index contributed by atoms with van der Waals surface area (Å²) in [5.74, 6) is -2.51. The van der Waals surface area contributed by atoms with Crippen molar-refractivity contribution in [3.63, 3.8) is 0 Å². The number of imide groups is 2. The van der Waals surface area contributed by atoms with Crippen molar-refractivity contribution >= 4 is 62.5 Å². The number of likely N-dealkylation sites (tertiary alicyclic amines) is 1. The van der Waals surface area contributed by atoms with E-state index in [1.165, 1.54) is 4.90 Å². The normalized spacial score (nSPS) is 28.5. The highest BCUT2D eigenvalue weighted by atomic mass is 35.5. The van der Waals surface area contributed by atoms with Crippen LogP contribution >= 0.6 is 22.9 Å². The molecule has 10 nitrogen and oxygen atoms in total. The number of aliphatic hydroxyl groups excluding tert-OH is 1. The number of rotatable bonds is 7. The largest absolute Gasteiger partial charge is 0.491 e. The Morgan fingerprint density at radius 3 is 2.48 bits per heavy atom. The minimum Gasteiger partial charge on any atom is -0.491 e. The Hall–Kier alpha value is -4.32. The molecule has 4 aromatic rings. The number of carbonyl (C=O) groups is 4. The minimum absolute atomic E-state index is 0.0744. The molecule has 1 N–H and O–H groups in total. The Labute approximate surface area is 322 Å². The van der Waals surface area contributed by atoms with Crippen molar-refractivity contribution in [2.45, 2.75) is 70.8 Å². The van der Waals surface area contributed by atoms with Gasteiger partial charge >= 0.3 is 0 Å². The van der Waals surface area contributed by atoms with Gasteiger partial charge in [-0.2, -0.15) is 5.10 Å². The summed E-state index contributed by atoms with van der Waals surface area (Å²) in [6.07, 6.45) is 7.62. The van der Waals surface area contributed by atoms with Crippen LogP contribution in [0.15, 0.2) is 60.2 Å². The van der Waals surface area contributed by atoms with Crippen molar-refractivity contribution in [2.24, 2.45) is 36.1 Å². The van der Waals surface area contributed by atoms with E-state index in [-0.39, 0.29) is 48.8 Å². The van der Waals surface area contributed by atoms with Crippen LogP contribution in [0.2, 0.25) is 5.02 Å². The lowest BCUT2D eigenvalue weighted by Gasteiger charge is -2.49. The second-order valence-corrected chi connectivity index (χ2v) is 17.3. The number of hydrogen-bond acceptors (Lipinski definition) is 8. The van der Waals surface area contributed by atoms with Gasteiger partial charge < -0.3 is 9.84 Å². The zero-order valence-corrected chi connectivity index (χ0v) is 32.2. The number of aliphatic hydroxyl groups is 1. The fourth-order valence-electron chi connectivity index (χ4n) is 10.5. The Morgan fingerprint density at radius 2 is 1.74 bits per heavy atom. The number of hydrogen-bond donors (Lipinski definition) is 1. The summed E-state index contributed by atoms with van der Waals surface area (Å²) in [7, 11) is 1.75. The SMILES string of the molecule is Cc1c(-c2cc(N3C(=O)[C@@H]4C[C@@H]5C(=CC[C@@H]6C(=O)N(C7CCCCC7)C(=O)[C@@H]65)[C@H](c5ccc(OCCO)cc5)[C@]4(C)C3=O)n(C)n2)sc2ccc(Cl)cc12. The second-order valence-electron chi connectivity index (χ2n) is 15.8. The number of amides is 4. The molecule has 0 bridgehead atoms. The first kappa shape index (κ1) is 35.4. The van der Waals surface area contributed by atoms with Gasteiger partial charge in [0.2, 0.25) is 23.6 Å². The molecule has 2 aliphatic heterocycles. The van der Waals surface area contributed by atoms with Gasteiger partial charge in [-0.3, -0.25) is 28.8 Å². The molecule has 4 amide bonds. The van der Waals surface area contributed by atoms with Crippen molar-refractivity contribution in [1.82, 2.24) is 14.7 Å². The third-order valence-electron chi connectivity index (χ3n) is 13.0. The molecule has 5 aliphatic rings. The van der Waals surface area contributed by atoms with E-state index in [9.17, 15) is 19.5 Å². The fraction of sp³-hybridized carbons (Fsp3) is 0.452. The molecule has 3 aliphatic carbocycles. The van der Waals surface area contributed by atoms with Crippen molar-refractivity contribution in [1.29, 1.82) is 0 Å². The van der Waals surface area contributed by atoms with Crippen LogP contribution in [0.25, 0.3) is 20.7 Å². The maximum absolute atomic E-state index is 15.1. The fourth-order valence-corrected chi connectivity index (χ4v) is 11.8. The van der Waals surface area contributed by atoms with Gasteiger partial charge in [0.1, 0.15) is 23.9 Å². The molecule has 12 heteroatoms. The number of nitrogens with zero attached hydrogens (tertiary/aromatic N) is 4. The van der Waals surface area contributed by atoms with E-state index in [0.29, 0.717) is 35.1 Å². The van der Waals surface area contributed by atoms with Crippen LogP contribution in [0, 0.1) is 36.0 Å². The summed E-state index contributed by atoms with van der Waals surface area (Å²) in [4.78, 5) is 62.3. The summed E-state index contributed by atoms with van der Waals surface area (Å²) < 4.78 is 8.34. The maximum atomic E-state index is 15.1. The molecule has 4 heterocycles. The molecule has 54 heavy (non-hydrogen) atoms. The first-order chi connectivity index (χ1) is 26.0. The number of benzene rings is 2. The molecule has 0 spiro atoms. The molecule has 9 rings (SSSR count). The highest BCUT2D eigenvalue weighted by molar-refractivity contribution is 7.22. The third-order valence-corrected chi connectivity index (χ3v) is 14.6. The van der Waals surface area contributed by atoms with Crippen LogP contribution in [0.1, 0.15) is 68.9 Å². The van der Waals surface area contributed by atoms with Crippen LogP contribution in [-0.2, 0) is 26.2 Å². The van der Waals surface area contributed by atoms with E-state index < -0.39 is 29.1 Å². The average molecular weight is 767 g/mol. The van der Waals surface area contributed by atoms with E-state index in [2.05, 4.69) is 6.08 Å². The van der Waals surface area contributed by atoms with Gasteiger partial charge in [-0.15, -0.1) is 11.3 Å². The highest BCUT2D eigenvalue weighted by Gasteiger charge is 2.68. The summed E-state index contributed by atoms with van der Waals surface area (Å²) in [5, 5.41) is 15.8. The van der Waals surface area contributed by atoms with Gasteiger partial charge in [-0.25, -0.2) is 4.90 Å². The number of allylic oxidation sites excluding steroid dienone is 2. The lowest BCUT2D eigenvalue weighted by molar-refractivity contribution is -0.144. The number of aryl methyl sites for hydroxylation is 2. The Kier molecular flexibility index (Phi) is 8.63. The number of halogens is 1. The predicted octanol–water partition coefficient (Wildman–Crippen LogP) is 7.20. The van der Waals surface area contributed by atoms with Crippen LogP contribution < -0.4 is 9.64 Å². The smallest absolute Gasteiger partial charge is 0.242 e. The molecule has 6 atom stereocenters. The van der Waals surface area contributed by atoms with E-state index in [1.54, 1.807) is 28.0 Å². The minimum atomic E-state index is -1.18. The molecular formula is C42H43ClN4O6S. The van der Waals surface area contributed by atoms with Crippen LogP contribution in [-0.4, -0.2) is 62.7 Å². The van der Waals surface area contributed by atoms with Crippen molar-refractivity contribution in [3.05, 3.63) is 76.3 Å². The summed E-state index contributed by atoms with van der Waals surface area (Å²) >= 11 is 7.92. The van der Waals surface area contributed by atoms with Crippen LogP contribution in [0.5, 0.6) is 5.75 Å². The monoisotopic (exact) mass is 766 g/mol. The lowest BCUT2D eigenvalue weighted by Crippen LogP contribution is -2.49. The highest BCUT2D eigenvalue weighted by Crippen LogP contribution is 2.64. The molecule has 0 radical (unpaired) electrons. The number of fused-ring (bicyclic) bond motifs is 5. The quantitative estimate of drug-likeness (QED) is 0.156. The molecule has 280 valence electrons.